The highest BCUT2D eigenvalue weighted by Gasteiger charge is 2.47. The summed E-state index contributed by atoms with van der Waals surface area (Å²) < 4.78 is 7.73. The minimum Gasteiger partial charge on any atom is -0.507 e. The van der Waals surface area contributed by atoms with Gasteiger partial charge >= 0.3 is 0 Å². The number of aliphatic hydroxyl groups is 1. The Morgan fingerprint density at radius 1 is 1.00 bits per heavy atom. The monoisotopic (exact) mass is 500 g/mol. The maximum absolute atomic E-state index is 13.5. The topological polar surface area (TPSA) is 71.8 Å². The number of aromatic nitrogens is 1. The molecule has 1 aliphatic rings. The molecule has 1 aromatic heterocycles. The first-order chi connectivity index (χ1) is 17.3. The van der Waals surface area contributed by atoms with Crippen LogP contribution in [0.2, 0.25) is 5.02 Å². The lowest BCUT2D eigenvalue weighted by molar-refractivity contribution is -0.132. The second-order valence-corrected chi connectivity index (χ2v) is 9.49. The number of aryl methyl sites for hydroxylation is 1. The molecule has 5 rings (SSSR count). The summed E-state index contributed by atoms with van der Waals surface area (Å²) in [4.78, 5) is 28.4. The summed E-state index contributed by atoms with van der Waals surface area (Å²) in [5, 5.41) is 12.9. The minimum absolute atomic E-state index is 0.0213. The number of carbonyl (C=O) groups excluding carboxylic acids is 2. The Bertz CT molecular complexity index is 1520. The van der Waals surface area contributed by atoms with Crippen molar-refractivity contribution in [3.63, 3.8) is 0 Å². The number of ether oxygens (including phenoxy) is 1. The fourth-order valence-electron chi connectivity index (χ4n) is 4.73. The fourth-order valence-corrected chi connectivity index (χ4v) is 4.86. The number of carbonyl (C=O) groups is 2. The molecule has 1 fully saturated rings. The number of benzene rings is 3. The van der Waals surface area contributed by atoms with Gasteiger partial charge < -0.3 is 14.4 Å². The molecule has 36 heavy (non-hydrogen) atoms. The number of Topliss-reactive ketones (excluding diaryl/α,β-unsaturated/α-hetero) is 1. The zero-order valence-electron chi connectivity index (χ0n) is 20.1. The van der Waals surface area contributed by atoms with E-state index in [4.69, 9.17) is 16.3 Å². The summed E-state index contributed by atoms with van der Waals surface area (Å²) in [6, 6.07) is 20.5. The van der Waals surface area contributed by atoms with E-state index in [9.17, 15) is 14.7 Å². The molecule has 1 atom stereocenters. The molecule has 7 heteroatoms. The number of anilines is 1. The van der Waals surface area contributed by atoms with Gasteiger partial charge in [-0.1, -0.05) is 41.9 Å². The molecule has 1 aliphatic heterocycles. The molecule has 0 saturated carbocycles. The first-order valence-corrected chi connectivity index (χ1v) is 12.0. The molecule has 1 amide bonds. The number of amides is 1. The summed E-state index contributed by atoms with van der Waals surface area (Å²) >= 11 is 6.09. The Balaban J connectivity index is 1.76. The zero-order chi connectivity index (χ0) is 25.6. The Hall–Kier alpha value is -4.03. The SMILES string of the molecule is CC(C)Oc1cccc(/C(O)=C2\C(=O)C(=O)N(c3ccc(Cl)cc3)C2c2cn(C)c3ccccc23)c1. The van der Waals surface area contributed by atoms with Crippen molar-refractivity contribution in [1.29, 1.82) is 0 Å². The second kappa shape index (κ2) is 9.21. The minimum atomic E-state index is -0.841. The highest BCUT2D eigenvalue weighted by atomic mass is 35.5. The number of fused-ring (bicyclic) bond motifs is 1. The van der Waals surface area contributed by atoms with Crippen molar-refractivity contribution in [2.45, 2.75) is 26.0 Å². The maximum atomic E-state index is 13.5. The summed E-state index contributed by atoms with van der Waals surface area (Å²) in [5.74, 6) is -1.17. The predicted octanol–water partition coefficient (Wildman–Crippen LogP) is 6.25. The third-order valence-electron chi connectivity index (χ3n) is 6.25. The van der Waals surface area contributed by atoms with Crippen LogP contribution in [0.25, 0.3) is 16.7 Å². The van der Waals surface area contributed by atoms with Gasteiger partial charge in [-0.25, -0.2) is 0 Å². The number of ketones is 1. The van der Waals surface area contributed by atoms with E-state index in [1.54, 1.807) is 48.5 Å². The number of hydrogen-bond acceptors (Lipinski definition) is 4. The van der Waals surface area contributed by atoms with Crippen molar-refractivity contribution < 1.29 is 19.4 Å². The molecule has 0 radical (unpaired) electrons. The molecule has 1 N–H and O–H groups in total. The highest BCUT2D eigenvalue weighted by Crippen LogP contribution is 2.45. The van der Waals surface area contributed by atoms with Crippen LogP contribution in [0.4, 0.5) is 5.69 Å². The van der Waals surface area contributed by atoms with E-state index < -0.39 is 17.7 Å². The number of rotatable bonds is 5. The van der Waals surface area contributed by atoms with Crippen molar-refractivity contribution in [2.24, 2.45) is 7.05 Å². The Morgan fingerprint density at radius 2 is 1.72 bits per heavy atom. The summed E-state index contributed by atoms with van der Waals surface area (Å²) in [7, 11) is 1.91. The summed E-state index contributed by atoms with van der Waals surface area (Å²) in [6.45, 7) is 3.81. The van der Waals surface area contributed by atoms with Crippen LogP contribution >= 0.6 is 11.6 Å². The number of aliphatic hydroxyl groups excluding tert-OH is 1. The van der Waals surface area contributed by atoms with Gasteiger partial charge in [-0.05, 0) is 56.3 Å². The normalized spacial score (nSPS) is 17.4. The summed E-state index contributed by atoms with van der Waals surface area (Å²) in [6.07, 6.45) is 1.84. The van der Waals surface area contributed by atoms with Crippen molar-refractivity contribution in [1.82, 2.24) is 4.57 Å². The van der Waals surface area contributed by atoms with E-state index in [-0.39, 0.29) is 17.4 Å². The average molecular weight is 501 g/mol. The number of halogens is 1. The van der Waals surface area contributed by atoms with Gasteiger partial charge in [0.2, 0.25) is 0 Å². The van der Waals surface area contributed by atoms with Crippen molar-refractivity contribution >= 4 is 45.6 Å². The van der Waals surface area contributed by atoms with Crippen molar-refractivity contribution in [2.75, 3.05) is 4.90 Å². The van der Waals surface area contributed by atoms with Crippen LogP contribution in [0.1, 0.15) is 31.0 Å². The molecular weight excluding hydrogens is 476 g/mol. The third kappa shape index (κ3) is 4.03. The lowest BCUT2D eigenvalue weighted by Crippen LogP contribution is -2.29. The van der Waals surface area contributed by atoms with Gasteiger partial charge in [-0.15, -0.1) is 0 Å². The van der Waals surface area contributed by atoms with Gasteiger partial charge in [-0.3, -0.25) is 14.5 Å². The summed E-state index contributed by atoms with van der Waals surface area (Å²) in [5.41, 5.74) is 2.61. The molecule has 2 heterocycles. The van der Waals surface area contributed by atoms with Crippen LogP contribution in [0.15, 0.2) is 84.6 Å². The van der Waals surface area contributed by atoms with E-state index >= 15 is 0 Å². The van der Waals surface area contributed by atoms with Crippen LogP contribution in [0, 0.1) is 0 Å². The first kappa shape index (κ1) is 23.7. The molecule has 0 aliphatic carbocycles. The van der Waals surface area contributed by atoms with E-state index in [1.807, 2.05) is 55.9 Å². The molecule has 182 valence electrons. The molecule has 0 spiro atoms. The Morgan fingerprint density at radius 3 is 2.44 bits per heavy atom. The van der Waals surface area contributed by atoms with Gasteiger partial charge in [0.05, 0.1) is 17.7 Å². The van der Waals surface area contributed by atoms with E-state index in [1.165, 1.54) is 4.90 Å². The number of hydrogen-bond donors (Lipinski definition) is 1. The van der Waals surface area contributed by atoms with Gasteiger partial charge in [0.15, 0.2) is 0 Å². The van der Waals surface area contributed by atoms with Crippen LogP contribution < -0.4 is 9.64 Å². The standard InChI is InChI=1S/C29H25ClN2O4/c1-17(2)36-21-8-6-7-18(15-21)27(33)25-26(23-16-31(3)24-10-5-4-9-22(23)24)32(29(35)28(25)34)20-13-11-19(30)12-14-20/h4-17,26,33H,1-3H3/b27-25+. The average Bonchev–Trinajstić information content (AvgIpc) is 3.32. The van der Waals surface area contributed by atoms with Crippen LogP contribution in [0.5, 0.6) is 5.75 Å². The van der Waals surface area contributed by atoms with Crippen LogP contribution in [0.3, 0.4) is 0 Å². The fraction of sp³-hybridized carbons (Fsp3) is 0.172. The zero-order valence-corrected chi connectivity index (χ0v) is 20.9. The number of nitrogens with zero attached hydrogens (tertiary/aromatic N) is 2. The van der Waals surface area contributed by atoms with Crippen molar-refractivity contribution in [3.05, 3.63) is 101 Å². The largest absolute Gasteiger partial charge is 0.507 e. The Kier molecular flexibility index (Phi) is 6.06. The quantitative estimate of drug-likeness (QED) is 0.200. The molecule has 1 unspecified atom stereocenters. The first-order valence-electron chi connectivity index (χ1n) is 11.6. The molecular formula is C29H25ClN2O4. The lowest BCUT2D eigenvalue weighted by atomic mass is 9.94. The number of para-hydroxylation sites is 1. The molecule has 6 nitrogen and oxygen atoms in total. The lowest BCUT2D eigenvalue weighted by Gasteiger charge is -2.25. The second-order valence-electron chi connectivity index (χ2n) is 9.05. The van der Waals surface area contributed by atoms with Gasteiger partial charge in [0.1, 0.15) is 11.5 Å². The van der Waals surface area contributed by atoms with Gasteiger partial charge in [0.25, 0.3) is 11.7 Å². The Labute approximate surface area is 214 Å². The van der Waals surface area contributed by atoms with Gasteiger partial charge in [0, 0.05) is 46.0 Å². The van der Waals surface area contributed by atoms with Gasteiger partial charge in [-0.2, -0.15) is 0 Å². The highest BCUT2D eigenvalue weighted by molar-refractivity contribution is 6.52. The molecule has 1 saturated heterocycles. The van der Waals surface area contributed by atoms with Crippen LogP contribution in [-0.4, -0.2) is 27.5 Å². The molecule has 3 aromatic carbocycles. The molecule has 0 bridgehead atoms. The molecule has 4 aromatic rings. The maximum Gasteiger partial charge on any atom is 0.300 e. The van der Waals surface area contributed by atoms with Crippen LogP contribution in [-0.2, 0) is 16.6 Å². The van der Waals surface area contributed by atoms with Crippen molar-refractivity contribution in [3.8, 4) is 5.75 Å². The smallest absolute Gasteiger partial charge is 0.300 e. The van der Waals surface area contributed by atoms with E-state index in [2.05, 4.69) is 0 Å². The third-order valence-corrected chi connectivity index (χ3v) is 6.50. The predicted molar refractivity (Wildman–Crippen MR) is 141 cm³/mol. The van der Waals surface area contributed by atoms with E-state index in [0.29, 0.717) is 22.0 Å². The van der Waals surface area contributed by atoms with E-state index in [0.717, 1.165) is 16.5 Å².